The molecule has 2 heterocycles. The van der Waals surface area contributed by atoms with Crippen LogP contribution in [0.4, 0.5) is 38.4 Å². The number of aromatic nitrogens is 2. The molecule has 0 aliphatic rings. The maximum absolute atomic E-state index is 13.9. The molecule has 0 spiro atoms. The number of hydrogen-bond acceptors (Lipinski definition) is 12. The van der Waals surface area contributed by atoms with Crippen molar-refractivity contribution in [1.29, 1.82) is 0 Å². The van der Waals surface area contributed by atoms with E-state index in [1.54, 1.807) is 0 Å². The lowest BCUT2D eigenvalue weighted by Crippen LogP contribution is -2.56. The topological polar surface area (TPSA) is 477 Å². The van der Waals surface area contributed by atoms with Crippen molar-refractivity contribution in [2.75, 3.05) is 72.0 Å². The number of carbonyl (C=O) groups excluding carboxylic acids is 8. The number of H-pyrrole nitrogens is 2. The van der Waals surface area contributed by atoms with Crippen LogP contribution in [0.3, 0.4) is 0 Å². The third-order valence-corrected chi connectivity index (χ3v) is 17.0. The molecule has 27 N–H and O–H groups in total. The second-order valence-corrected chi connectivity index (χ2v) is 26.9. The van der Waals surface area contributed by atoms with Crippen molar-refractivity contribution in [1.82, 2.24) is 100 Å². The van der Waals surface area contributed by atoms with Gasteiger partial charge in [0.25, 0.3) is 0 Å². The number of para-hydroxylation sites is 2. The van der Waals surface area contributed by atoms with Gasteiger partial charge >= 0.3 is 48.2 Å². The zero-order chi connectivity index (χ0) is 72.7. The molecule has 31 nitrogen and oxygen atoms in total. The van der Waals surface area contributed by atoms with Gasteiger partial charge in [0.05, 0.1) is 30.2 Å². The zero-order valence-electron chi connectivity index (χ0n) is 59.2. The molecule has 2 aromatic carbocycles. The van der Waals surface area contributed by atoms with Crippen LogP contribution >= 0.6 is 12.2 Å². The molecule has 0 aliphatic carbocycles. The van der Waals surface area contributed by atoms with Gasteiger partial charge in [-0.15, -0.1) is 0 Å². The van der Waals surface area contributed by atoms with Crippen LogP contribution in [0.25, 0.3) is 21.8 Å². The van der Waals surface area contributed by atoms with Crippen LogP contribution in [0, 0.1) is 17.8 Å². The van der Waals surface area contributed by atoms with Gasteiger partial charge in [0.1, 0.15) is 0 Å². The summed E-state index contributed by atoms with van der Waals surface area (Å²) in [5, 5.41) is 52.7. The fourth-order valence-corrected chi connectivity index (χ4v) is 11.2. The Hall–Kier alpha value is -8.75. The summed E-state index contributed by atoms with van der Waals surface area (Å²) in [6.45, 7) is 17.8. The van der Waals surface area contributed by atoms with Gasteiger partial charge in [-0.2, -0.15) is 0 Å². The van der Waals surface area contributed by atoms with E-state index in [-0.39, 0.29) is 94.3 Å². The number of rotatable bonds is 44. The van der Waals surface area contributed by atoms with E-state index in [2.05, 4.69) is 100 Å². The number of primary amides is 1. The van der Waals surface area contributed by atoms with Gasteiger partial charge in [0, 0.05) is 111 Å². The molecule has 0 saturated carbocycles. The number of urea groups is 8. The molecule has 0 unspecified atom stereocenters. The predicted octanol–water partition coefficient (Wildman–Crippen LogP) is 3.37. The molecule has 8 atom stereocenters. The summed E-state index contributed by atoms with van der Waals surface area (Å²) in [5.41, 5.74) is 26.5. The summed E-state index contributed by atoms with van der Waals surface area (Å²) in [6, 6.07) is 8.10. The number of nitrogens with one attached hydrogen (secondary N) is 19. The molecule has 0 fully saturated rings. The first-order chi connectivity index (χ1) is 47.4. The predicted molar refractivity (Wildman–Crippen MR) is 395 cm³/mol. The Kier molecular flexibility index (Phi) is 38.2. The molecule has 0 bridgehead atoms. The highest BCUT2D eigenvalue weighted by Gasteiger charge is 2.26. The van der Waals surface area contributed by atoms with Crippen molar-refractivity contribution in [2.24, 2.45) is 40.7 Å². The molecular formula is C67H117N23O8S. The van der Waals surface area contributed by atoms with Crippen LogP contribution in [0.5, 0.6) is 0 Å². The number of nitrogens with two attached hydrogens (primary N) is 4. The van der Waals surface area contributed by atoms with Crippen molar-refractivity contribution in [3.63, 3.8) is 0 Å². The van der Waals surface area contributed by atoms with E-state index in [0.29, 0.717) is 76.1 Å². The van der Waals surface area contributed by atoms with Gasteiger partial charge in [-0.3, -0.25) is 0 Å². The SMILES string of the molecule is CC(C)NC(=O)N[C@H](CNC(=O)N[C@@H](CCCCN)CNC(=O)N[C@H](CNC(=O)N[C@H](CNC(=S)N[C@@H](CCCCN)CNC(=O)N[C@H](CNC(=O)N[C@@H](CCCCN)CNC(=O)N[C@H](CNC(N)=O)C(C)C)Cc1c[nH]c2ccccc12)C(C)C)Cc1c[nH]c2ccccc12)C(C)C. The fourth-order valence-electron chi connectivity index (χ4n) is 10.9. The average Bonchev–Trinajstić information content (AvgIpc) is 1.73. The summed E-state index contributed by atoms with van der Waals surface area (Å²) in [6.07, 6.45) is 10.5. The first-order valence-electron chi connectivity index (χ1n) is 35.0. The van der Waals surface area contributed by atoms with E-state index >= 15 is 0 Å². The Morgan fingerprint density at radius 1 is 0.374 bits per heavy atom. The van der Waals surface area contributed by atoms with Crippen LogP contribution in [0.1, 0.15) is 124 Å². The summed E-state index contributed by atoms with van der Waals surface area (Å²) in [5.74, 6) is -0.0409. The first-order valence-corrected chi connectivity index (χ1v) is 35.4. The largest absolute Gasteiger partial charge is 0.361 e. The Bertz CT molecular complexity index is 3090. The van der Waals surface area contributed by atoms with Crippen LogP contribution in [0.2, 0.25) is 0 Å². The highest BCUT2D eigenvalue weighted by molar-refractivity contribution is 7.80. The third kappa shape index (κ3) is 33.6. The number of amides is 16. The summed E-state index contributed by atoms with van der Waals surface area (Å²) < 4.78 is 0. The highest BCUT2D eigenvalue weighted by atomic mass is 32.1. The van der Waals surface area contributed by atoms with Crippen molar-refractivity contribution < 1.29 is 38.4 Å². The molecule has 16 amide bonds. The van der Waals surface area contributed by atoms with Crippen LogP contribution in [0.15, 0.2) is 60.9 Å². The summed E-state index contributed by atoms with van der Waals surface area (Å²) >= 11 is 5.83. The lowest BCUT2D eigenvalue weighted by atomic mass is 10.0. The number of aromatic amines is 2. The Balaban J connectivity index is 1.37. The quantitative estimate of drug-likeness (QED) is 0.0223. The van der Waals surface area contributed by atoms with E-state index in [4.69, 9.17) is 35.2 Å². The van der Waals surface area contributed by atoms with Crippen molar-refractivity contribution in [3.8, 4) is 0 Å². The Morgan fingerprint density at radius 2 is 0.687 bits per heavy atom. The molecule has 2 aromatic heterocycles. The van der Waals surface area contributed by atoms with Gasteiger partial charge in [-0.25, -0.2) is 38.4 Å². The smallest absolute Gasteiger partial charge is 0.315 e. The minimum Gasteiger partial charge on any atom is -0.361 e. The van der Waals surface area contributed by atoms with Gasteiger partial charge in [0.15, 0.2) is 5.11 Å². The lowest BCUT2D eigenvalue weighted by Gasteiger charge is -2.27. The standard InChI is InChI=1S/C67H117N23O8S/c1-41(2)56(38-74-59(71)91)88-64(96)77-34-48(20-14-17-27-69)83-60(92)78-36-50(29-45-31-72-54-24-11-9-22-52(45)54)85-62(94)76-35-49(21-15-18-28-70)87-67(99)81-40-58(43(5)6)89-65(97)79-37-51(30-46-32-73-55-25-12-10-23-53(46)55)86-61(93)75-33-47(19-13-16-26-68)84-63(95)80-39-57(42(3)4)90-66(98)82-44(7)8/h9-12,22-25,31-32,41-44,47-51,56-58,72-73H,13-21,26-30,33-40,68-70H2,1-8H3,(H3,71,74,91)(H2,75,86,93)(H2,76,85,94)(H2,77,88,96)(H2,78,83,92)(H2,79,89,97)(H2,80,84,95)(H2,81,87,99)(H2,82,90,98)/t47-,48-,49-,50-,51-,56+,57+,58+/m0/s1. The molecule has 0 saturated heterocycles. The first kappa shape index (κ1) is 82.7. The molecule has 0 radical (unpaired) electrons. The number of hydrogen-bond donors (Lipinski definition) is 23. The number of thiocarbonyl (C=S) groups is 1. The lowest BCUT2D eigenvalue weighted by molar-refractivity contribution is 0.222. The Morgan fingerprint density at radius 3 is 1.05 bits per heavy atom. The number of unbranched alkanes of at least 4 members (excludes halogenated alkanes) is 3. The van der Waals surface area contributed by atoms with E-state index in [1.165, 1.54) is 0 Å². The normalized spacial score (nSPS) is 13.7. The summed E-state index contributed by atoms with van der Waals surface area (Å²) in [7, 11) is 0. The minimum atomic E-state index is -0.700. The molecule has 554 valence electrons. The Labute approximate surface area is 588 Å². The van der Waals surface area contributed by atoms with Crippen molar-refractivity contribution in [2.45, 2.75) is 180 Å². The summed E-state index contributed by atoms with van der Waals surface area (Å²) in [4.78, 5) is 112. The third-order valence-electron chi connectivity index (χ3n) is 16.8. The maximum Gasteiger partial charge on any atom is 0.315 e. The van der Waals surface area contributed by atoms with E-state index in [1.807, 2.05) is 116 Å². The van der Waals surface area contributed by atoms with Crippen LogP contribution in [-0.4, -0.2) is 190 Å². The van der Waals surface area contributed by atoms with E-state index in [0.717, 1.165) is 52.2 Å². The second-order valence-electron chi connectivity index (χ2n) is 26.5. The average molecular weight is 1400 g/mol. The molecule has 4 aromatic rings. The van der Waals surface area contributed by atoms with Crippen LogP contribution < -0.4 is 113 Å². The van der Waals surface area contributed by atoms with Crippen molar-refractivity contribution in [3.05, 3.63) is 72.1 Å². The van der Waals surface area contributed by atoms with Crippen LogP contribution in [-0.2, 0) is 12.8 Å². The monoisotopic (exact) mass is 1400 g/mol. The fraction of sp³-hybridized carbons (Fsp3) is 0.627. The molecule has 4 rings (SSSR count). The van der Waals surface area contributed by atoms with Gasteiger partial charge in [-0.05, 0) is 138 Å². The molecular weight excluding hydrogens is 1290 g/mol. The second kappa shape index (κ2) is 45.8. The van der Waals surface area contributed by atoms with Crippen molar-refractivity contribution >= 4 is 87.4 Å². The maximum atomic E-state index is 13.9. The number of carbonyl (C=O) groups is 8. The molecule has 32 heteroatoms. The van der Waals surface area contributed by atoms with Gasteiger partial charge < -0.3 is 123 Å². The van der Waals surface area contributed by atoms with E-state index < -0.39 is 78.5 Å². The molecule has 0 aliphatic heterocycles. The number of benzene rings is 2. The molecule has 99 heavy (non-hydrogen) atoms. The van der Waals surface area contributed by atoms with Gasteiger partial charge in [0.2, 0.25) is 0 Å². The zero-order valence-corrected chi connectivity index (χ0v) is 60.1. The van der Waals surface area contributed by atoms with Gasteiger partial charge in [-0.1, -0.05) is 97.2 Å². The van der Waals surface area contributed by atoms with E-state index in [9.17, 15) is 38.4 Å². The minimum absolute atomic E-state index is 0.0141. The number of fused-ring (bicyclic) bond motifs is 2. The highest BCUT2D eigenvalue weighted by Crippen LogP contribution is 2.21.